The molecule has 3 rings (SSSR count). The van der Waals surface area contributed by atoms with Crippen molar-refractivity contribution in [2.24, 2.45) is 11.7 Å². The number of imidazole rings is 1. The maximum absolute atomic E-state index is 13.5. The van der Waals surface area contributed by atoms with Crippen LogP contribution in [0, 0.1) is 11.7 Å². The molecule has 1 saturated carbocycles. The number of aromatic nitrogens is 2. The van der Waals surface area contributed by atoms with Crippen molar-refractivity contribution in [2.45, 2.75) is 25.3 Å². The monoisotopic (exact) mass is 348 g/mol. The Morgan fingerprint density at radius 2 is 2.18 bits per heavy atom. The highest BCUT2D eigenvalue weighted by Gasteiger charge is 2.28. The van der Waals surface area contributed by atoms with Crippen LogP contribution in [0.2, 0.25) is 0 Å². The highest BCUT2D eigenvalue weighted by Crippen LogP contribution is 2.25. The lowest BCUT2D eigenvalue weighted by Gasteiger charge is -2.19. The minimum atomic E-state index is -0.450. The highest BCUT2D eigenvalue weighted by atomic mass is 35.5. The number of carbonyl (C=O) groups is 1. The number of nitrogens with one attached hydrogen (secondary N) is 2. The molecule has 1 aliphatic carbocycles. The van der Waals surface area contributed by atoms with Gasteiger partial charge in [0, 0.05) is 6.04 Å². The quantitative estimate of drug-likeness (QED) is 0.796. The fourth-order valence-electron chi connectivity index (χ4n) is 2.94. The summed E-state index contributed by atoms with van der Waals surface area (Å²) in [6.45, 7) is 0.561. The number of H-pyrrole nitrogens is 1. The van der Waals surface area contributed by atoms with Crippen molar-refractivity contribution in [1.29, 1.82) is 0 Å². The second-order valence-corrected chi connectivity index (χ2v) is 5.26. The molecule has 1 aromatic carbocycles. The van der Waals surface area contributed by atoms with E-state index in [2.05, 4.69) is 15.3 Å². The molecule has 4 N–H and O–H groups in total. The summed E-state index contributed by atoms with van der Waals surface area (Å²) in [5.74, 6) is -0.428. The average Bonchev–Trinajstić information content (AvgIpc) is 3.05. The lowest BCUT2D eigenvalue weighted by atomic mass is 10.0. The van der Waals surface area contributed by atoms with E-state index >= 15 is 0 Å². The molecule has 0 spiro atoms. The van der Waals surface area contributed by atoms with E-state index in [1.807, 2.05) is 0 Å². The Balaban J connectivity index is 0.00000121. The standard InChI is InChI=1S/C14H17FN4O.2ClH/c15-9-4-10(13-12(5-9)17-7-18-13)14(20)19-11-3-1-2-8(11)6-16;;/h4-5,7-8,11H,1-3,6,16H2,(H,17,18)(H,19,20);2*1H. The highest BCUT2D eigenvalue weighted by molar-refractivity contribution is 6.04. The molecule has 1 fully saturated rings. The van der Waals surface area contributed by atoms with Crippen LogP contribution in [-0.4, -0.2) is 28.5 Å². The van der Waals surface area contributed by atoms with Crippen LogP contribution in [-0.2, 0) is 0 Å². The largest absolute Gasteiger partial charge is 0.349 e. The van der Waals surface area contributed by atoms with Crippen LogP contribution in [0.4, 0.5) is 4.39 Å². The Hall–Kier alpha value is -1.37. The molecular formula is C14H19Cl2FN4O. The van der Waals surface area contributed by atoms with Gasteiger partial charge in [-0.05, 0) is 37.4 Å². The van der Waals surface area contributed by atoms with Gasteiger partial charge in [0.25, 0.3) is 5.91 Å². The van der Waals surface area contributed by atoms with E-state index in [1.165, 1.54) is 18.5 Å². The minimum absolute atomic E-state index is 0. The fraction of sp³-hybridized carbons (Fsp3) is 0.429. The SMILES string of the molecule is Cl.Cl.NCC1CCCC1NC(=O)c1cc(F)cc2[nH]cnc12. The van der Waals surface area contributed by atoms with E-state index in [4.69, 9.17) is 5.73 Å². The van der Waals surface area contributed by atoms with Gasteiger partial charge in [-0.2, -0.15) is 0 Å². The summed E-state index contributed by atoms with van der Waals surface area (Å²) >= 11 is 0. The van der Waals surface area contributed by atoms with Crippen molar-refractivity contribution in [2.75, 3.05) is 6.54 Å². The lowest BCUT2D eigenvalue weighted by Crippen LogP contribution is -2.40. The maximum Gasteiger partial charge on any atom is 0.253 e. The van der Waals surface area contributed by atoms with Crippen molar-refractivity contribution in [3.63, 3.8) is 0 Å². The first-order chi connectivity index (χ1) is 9.69. The number of halogens is 3. The predicted molar refractivity (Wildman–Crippen MR) is 88.2 cm³/mol. The Morgan fingerprint density at radius 3 is 2.91 bits per heavy atom. The normalized spacial score (nSPS) is 20.3. The zero-order valence-corrected chi connectivity index (χ0v) is 13.5. The van der Waals surface area contributed by atoms with Gasteiger partial charge in [-0.3, -0.25) is 4.79 Å². The molecular weight excluding hydrogens is 330 g/mol. The molecule has 0 saturated heterocycles. The number of rotatable bonds is 3. The van der Waals surface area contributed by atoms with E-state index in [0.29, 0.717) is 23.5 Å². The van der Waals surface area contributed by atoms with Gasteiger partial charge >= 0.3 is 0 Å². The van der Waals surface area contributed by atoms with Crippen LogP contribution in [0.1, 0.15) is 29.6 Å². The van der Waals surface area contributed by atoms with Crippen LogP contribution in [0.5, 0.6) is 0 Å². The van der Waals surface area contributed by atoms with Gasteiger partial charge in [0.05, 0.1) is 17.4 Å². The third-order valence-corrected chi connectivity index (χ3v) is 4.01. The zero-order chi connectivity index (χ0) is 14.1. The second-order valence-electron chi connectivity index (χ2n) is 5.26. The van der Waals surface area contributed by atoms with Gasteiger partial charge in [-0.1, -0.05) is 6.42 Å². The fourth-order valence-corrected chi connectivity index (χ4v) is 2.94. The molecule has 1 amide bonds. The number of carbonyl (C=O) groups excluding carboxylic acids is 1. The van der Waals surface area contributed by atoms with E-state index in [-0.39, 0.29) is 42.3 Å². The average molecular weight is 349 g/mol. The Morgan fingerprint density at radius 1 is 1.41 bits per heavy atom. The third kappa shape index (κ3) is 3.51. The molecule has 2 atom stereocenters. The van der Waals surface area contributed by atoms with Crippen LogP contribution >= 0.6 is 24.8 Å². The van der Waals surface area contributed by atoms with Crippen molar-refractivity contribution >= 4 is 41.8 Å². The number of benzene rings is 1. The topological polar surface area (TPSA) is 83.8 Å². The minimum Gasteiger partial charge on any atom is -0.349 e. The molecule has 22 heavy (non-hydrogen) atoms. The molecule has 2 aromatic rings. The molecule has 5 nitrogen and oxygen atoms in total. The molecule has 1 aromatic heterocycles. The van der Waals surface area contributed by atoms with Crippen LogP contribution in [0.3, 0.4) is 0 Å². The van der Waals surface area contributed by atoms with E-state index in [1.54, 1.807) is 0 Å². The van der Waals surface area contributed by atoms with Gasteiger partial charge in [0.15, 0.2) is 0 Å². The Kier molecular flexibility index (Phi) is 6.59. The summed E-state index contributed by atoms with van der Waals surface area (Å²) in [5.41, 5.74) is 6.99. The van der Waals surface area contributed by atoms with Crippen molar-refractivity contribution in [1.82, 2.24) is 15.3 Å². The van der Waals surface area contributed by atoms with Crippen molar-refractivity contribution < 1.29 is 9.18 Å². The number of aromatic amines is 1. The van der Waals surface area contributed by atoms with Gasteiger partial charge < -0.3 is 16.0 Å². The molecule has 1 heterocycles. The van der Waals surface area contributed by atoms with E-state index < -0.39 is 5.82 Å². The smallest absolute Gasteiger partial charge is 0.253 e. The van der Waals surface area contributed by atoms with Gasteiger partial charge in [0.1, 0.15) is 11.3 Å². The number of fused-ring (bicyclic) bond motifs is 1. The summed E-state index contributed by atoms with van der Waals surface area (Å²) in [4.78, 5) is 19.3. The Bertz CT molecular complexity index is 649. The molecule has 0 aliphatic heterocycles. The first kappa shape index (κ1) is 18.7. The first-order valence-corrected chi connectivity index (χ1v) is 6.82. The van der Waals surface area contributed by atoms with Gasteiger partial charge in [0.2, 0.25) is 0 Å². The van der Waals surface area contributed by atoms with Gasteiger partial charge in [-0.15, -0.1) is 24.8 Å². The number of amides is 1. The third-order valence-electron chi connectivity index (χ3n) is 4.01. The first-order valence-electron chi connectivity index (χ1n) is 6.82. The summed E-state index contributed by atoms with van der Waals surface area (Å²) in [5, 5.41) is 2.97. The zero-order valence-electron chi connectivity index (χ0n) is 11.8. The summed E-state index contributed by atoms with van der Waals surface area (Å²) in [6.07, 6.45) is 4.47. The number of hydrogen-bond donors (Lipinski definition) is 3. The van der Waals surface area contributed by atoms with Crippen molar-refractivity contribution in [3.8, 4) is 0 Å². The number of hydrogen-bond acceptors (Lipinski definition) is 3. The van der Waals surface area contributed by atoms with Crippen LogP contribution < -0.4 is 11.1 Å². The van der Waals surface area contributed by atoms with Crippen LogP contribution in [0.25, 0.3) is 11.0 Å². The van der Waals surface area contributed by atoms with Crippen LogP contribution in [0.15, 0.2) is 18.5 Å². The second kappa shape index (κ2) is 7.76. The van der Waals surface area contributed by atoms with Gasteiger partial charge in [-0.25, -0.2) is 9.37 Å². The molecule has 0 bridgehead atoms. The summed E-state index contributed by atoms with van der Waals surface area (Å²) < 4.78 is 13.5. The van der Waals surface area contributed by atoms with E-state index in [9.17, 15) is 9.18 Å². The summed E-state index contributed by atoms with van der Waals surface area (Å²) in [7, 11) is 0. The molecule has 0 radical (unpaired) electrons. The van der Waals surface area contributed by atoms with E-state index in [0.717, 1.165) is 19.3 Å². The predicted octanol–water partition coefficient (Wildman–Crippen LogP) is 2.40. The van der Waals surface area contributed by atoms with Crippen molar-refractivity contribution in [3.05, 3.63) is 29.8 Å². The number of nitrogens with zero attached hydrogens (tertiary/aromatic N) is 1. The molecule has 1 aliphatic rings. The summed E-state index contributed by atoms with van der Waals surface area (Å²) in [6, 6.07) is 2.63. The number of nitrogens with two attached hydrogens (primary N) is 1. The molecule has 122 valence electrons. The molecule has 8 heteroatoms. The maximum atomic E-state index is 13.5. The Labute approximate surface area is 140 Å². The molecule has 2 unspecified atom stereocenters. The lowest BCUT2D eigenvalue weighted by molar-refractivity contribution is 0.0930.